The maximum absolute atomic E-state index is 15.9. The van der Waals surface area contributed by atoms with Crippen molar-refractivity contribution in [3.05, 3.63) is 30.9 Å². The molecule has 0 amide bonds. The molecule has 0 aliphatic carbocycles. The van der Waals surface area contributed by atoms with Gasteiger partial charge in [-0.2, -0.15) is 5.10 Å². The molecule has 0 radical (unpaired) electrons. The van der Waals surface area contributed by atoms with Crippen LogP contribution < -0.4 is 5.73 Å². The molecular weight excluding hydrogens is 638 g/mol. The molecule has 2 aromatic heterocycles. The second-order valence-corrected chi connectivity index (χ2v) is 13.5. The van der Waals surface area contributed by atoms with Gasteiger partial charge in [-0.15, -0.1) is 0 Å². The van der Waals surface area contributed by atoms with Gasteiger partial charge in [0.15, 0.2) is 29.6 Å². The van der Waals surface area contributed by atoms with Gasteiger partial charge in [0, 0.05) is 0 Å². The highest BCUT2D eigenvalue weighted by atomic mass is 32.5. The van der Waals surface area contributed by atoms with Gasteiger partial charge >= 0.3 is 14.5 Å². The minimum absolute atomic E-state index is 0.00986. The first kappa shape index (κ1) is 33.2. The lowest BCUT2D eigenvalue weighted by molar-refractivity contribution is -0.287. The van der Waals surface area contributed by atoms with Crippen molar-refractivity contribution in [2.45, 2.75) is 60.9 Å². The normalized spacial score (nSPS) is 37.3. The number of rotatable bonds is 11. The number of phosphoric acid groups is 1. The van der Waals surface area contributed by atoms with Crippen molar-refractivity contribution in [1.82, 2.24) is 19.6 Å². The highest BCUT2D eigenvalue weighted by molar-refractivity contribution is 8.08. The first-order chi connectivity index (χ1) is 19.5. The molecule has 2 aliphatic rings. The smallest absolute Gasteiger partial charge is 0.393 e. The molecule has 0 saturated carbocycles. The summed E-state index contributed by atoms with van der Waals surface area (Å²) in [6.45, 7) is -3.49. The van der Waals surface area contributed by atoms with Gasteiger partial charge in [0.1, 0.15) is 49.1 Å². The Morgan fingerprint density at radius 1 is 1.24 bits per heavy atom. The van der Waals surface area contributed by atoms with Gasteiger partial charge < -0.3 is 55.1 Å². The molecule has 12 atom stereocenters. The van der Waals surface area contributed by atoms with E-state index >= 15 is 4.39 Å². The molecule has 18 nitrogen and oxygen atoms in total. The van der Waals surface area contributed by atoms with Gasteiger partial charge in [0.25, 0.3) is 0 Å². The molecule has 2 aromatic rings. The molecule has 4 rings (SSSR count). The van der Waals surface area contributed by atoms with Crippen LogP contribution in [-0.2, 0) is 39.2 Å². The van der Waals surface area contributed by atoms with E-state index in [2.05, 4.69) is 42.3 Å². The van der Waals surface area contributed by atoms with Gasteiger partial charge in [0.2, 0.25) is 0 Å². The molecule has 2 fully saturated rings. The molecule has 0 aromatic carbocycles. The highest BCUT2D eigenvalue weighted by Gasteiger charge is 2.57. The van der Waals surface area contributed by atoms with E-state index in [-0.39, 0.29) is 17.2 Å². The van der Waals surface area contributed by atoms with Crippen molar-refractivity contribution < 1.29 is 71.5 Å². The van der Waals surface area contributed by atoms with Gasteiger partial charge in [-0.25, -0.2) is 32.1 Å². The minimum atomic E-state index is -5.55. The highest BCUT2D eigenvalue weighted by Crippen LogP contribution is 2.62. The number of nitrogens with two attached hydrogens (primary N) is 1. The fourth-order valence-electron chi connectivity index (χ4n) is 4.31. The monoisotopic (exact) mass is 665 g/mol. The van der Waals surface area contributed by atoms with Crippen LogP contribution >= 0.6 is 14.5 Å². The Morgan fingerprint density at radius 2 is 1.93 bits per heavy atom. The zero-order chi connectivity index (χ0) is 31.2. The average Bonchev–Trinajstić information content (AvgIpc) is 3.46. The zero-order valence-corrected chi connectivity index (χ0v) is 23.7. The lowest BCUT2D eigenvalue weighted by Crippen LogP contribution is -2.60. The molecule has 23 heteroatoms. The quantitative estimate of drug-likeness (QED) is 0.0943. The Labute approximate surface area is 239 Å². The molecule has 7 unspecified atom stereocenters. The van der Waals surface area contributed by atoms with E-state index < -0.39 is 88.6 Å². The second-order valence-electron chi connectivity index (χ2n) is 9.15. The van der Waals surface area contributed by atoms with E-state index in [1.807, 2.05) is 0 Å². The van der Waals surface area contributed by atoms with Gasteiger partial charge in [-0.05, 0) is 17.9 Å². The first-order valence-corrected chi connectivity index (χ1v) is 15.9. The van der Waals surface area contributed by atoms with Crippen molar-refractivity contribution in [3.63, 3.8) is 0 Å². The lowest BCUT2D eigenvalue weighted by Gasteiger charge is -2.41. The van der Waals surface area contributed by atoms with Crippen LogP contribution in [0.3, 0.4) is 0 Å². The number of ether oxygens (including phenoxy) is 2. The number of phosphoric ester groups is 1. The first-order valence-electron chi connectivity index (χ1n) is 11.8. The van der Waals surface area contributed by atoms with E-state index in [9.17, 15) is 39.2 Å². The summed E-state index contributed by atoms with van der Waals surface area (Å²) in [6.07, 6.45) is -15.2. The maximum Gasteiger partial charge on any atom is 0.481 e. The number of hydrogen-bond acceptors (Lipinski definition) is 16. The number of halogens is 2. The Hall–Kier alpha value is -1.65. The predicted octanol–water partition coefficient (Wildman–Crippen LogP) is -2.09. The Balaban J connectivity index is 1.44. The molecule has 2 saturated heterocycles. The van der Waals surface area contributed by atoms with E-state index in [0.29, 0.717) is 0 Å². The fourth-order valence-corrected chi connectivity index (χ4v) is 7.41. The number of hydrogen-bond donors (Lipinski definition) is 8. The maximum atomic E-state index is 15.9. The van der Waals surface area contributed by atoms with Gasteiger partial charge in [-0.1, -0.05) is 6.58 Å². The molecule has 0 spiro atoms. The number of alkyl halides is 2. The van der Waals surface area contributed by atoms with Crippen LogP contribution in [0.1, 0.15) is 11.8 Å². The number of nitrogen functional groups attached to an aromatic ring is 1. The Kier molecular flexibility index (Phi) is 9.81. The van der Waals surface area contributed by atoms with Crippen molar-refractivity contribution in [2.24, 2.45) is 0 Å². The van der Waals surface area contributed by atoms with Crippen LogP contribution in [0.25, 0.3) is 5.65 Å². The van der Waals surface area contributed by atoms with Crippen LogP contribution in [0.5, 0.6) is 0 Å². The molecule has 9 N–H and O–H groups in total. The predicted molar refractivity (Wildman–Crippen MR) is 136 cm³/mol. The summed E-state index contributed by atoms with van der Waals surface area (Å²) in [7, 11) is -5.55. The third kappa shape index (κ3) is 6.41. The summed E-state index contributed by atoms with van der Waals surface area (Å²) in [5.74, 6) is -0.0308. The molecule has 236 valence electrons. The zero-order valence-electron chi connectivity index (χ0n) is 21.1. The van der Waals surface area contributed by atoms with Crippen molar-refractivity contribution in [2.75, 3.05) is 18.9 Å². The largest absolute Gasteiger partial charge is 0.481 e. The van der Waals surface area contributed by atoms with Crippen LogP contribution in [0.4, 0.5) is 14.6 Å². The van der Waals surface area contributed by atoms with Crippen molar-refractivity contribution in [3.8, 4) is 0 Å². The number of nitrogens with zero attached hydrogens (tertiary/aromatic N) is 4. The number of aromatic nitrogens is 4. The summed E-state index contributed by atoms with van der Waals surface area (Å²) in [4.78, 5) is 28.2. The van der Waals surface area contributed by atoms with Gasteiger partial charge in [0.05, 0.1) is 25.1 Å². The van der Waals surface area contributed by atoms with Crippen LogP contribution in [0.2, 0.25) is 0 Å². The third-order valence-electron chi connectivity index (χ3n) is 6.44. The summed E-state index contributed by atoms with van der Waals surface area (Å²) in [6, 6.07) is 0. The minimum Gasteiger partial charge on any atom is -0.393 e. The van der Waals surface area contributed by atoms with Crippen LogP contribution in [-0.4, -0.2) is 123 Å². The SMILES string of the molecule is C=C[C@@]1(F)[C@H](O)[C@@H](COP(O)(=S)OP(=O)(O)OC2OC([C@@H](F)CO)C(O)C(O)C2O)O[C@H]1c1cnc2c(N)ncnn12. The molecule has 0 bridgehead atoms. The molecule has 2 aliphatic heterocycles. The topological polar surface area (TPSA) is 274 Å². The standard InChI is InChI=1S/C19H27F2N5O13P2S/c1-2-19(21)14(31)9(36-15(19)8-3-23-17-16(22)24-6-25-26(8)17)5-35-41(34,42)39-40(32,33)38-18-12(30)10(28)11(29)13(37-18)7(20)4-27/h2-3,6-7,9-15,18,27-31H,1,4-5H2,(H,32,33)(H,34,42)(H2,22,24,25)/t7-,9+,10?,11?,12?,13?,14+,15-,18?,19+,41?/m0/s1. The summed E-state index contributed by atoms with van der Waals surface area (Å²) in [5.41, 5.74) is 3.13. The lowest BCUT2D eigenvalue weighted by atomic mass is 9.91. The number of imidazole rings is 1. The fraction of sp³-hybridized carbons (Fsp3) is 0.632. The van der Waals surface area contributed by atoms with Crippen molar-refractivity contribution >= 4 is 37.8 Å². The Bertz CT molecular complexity index is 1400. The van der Waals surface area contributed by atoms with E-state index in [1.165, 1.54) is 6.20 Å². The summed E-state index contributed by atoms with van der Waals surface area (Å²) >= 11 is 4.69. The van der Waals surface area contributed by atoms with Crippen LogP contribution in [0, 0.1) is 0 Å². The van der Waals surface area contributed by atoms with E-state index in [4.69, 9.17) is 24.8 Å². The average molecular weight is 665 g/mol. The Morgan fingerprint density at radius 3 is 2.57 bits per heavy atom. The summed E-state index contributed by atoms with van der Waals surface area (Å²) < 4.78 is 67.9. The number of aliphatic hydroxyl groups is 5. The second kappa shape index (κ2) is 12.4. The molecular formula is C19H27F2N5O13P2S. The van der Waals surface area contributed by atoms with E-state index in [1.54, 1.807) is 0 Å². The van der Waals surface area contributed by atoms with Gasteiger partial charge in [-0.3, -0.25) is 4.52 Å². The number of aliphatic hydroxyl groups excluding tert-OH is 5. The molecule has 4 heterocycles. The third-order valence-corrected chi connectivity index (χ3v) is 9.96. The summed E-state index contributed by atoms with van der Waals surface area (Å²) in [5, 5.41) is 53.3. The number of anilines is 1. The van der Waals surface area contributed by atoms with Crippen molar-refractivity contribution in [1.29, 1.82) is 0 Å². The van der Waals surface area contributed by atoms with Crippen LogP contribution in [0.15, 0.2) is 25.2 Å². The van der Waals surface area contributed by atoms with E-state index in [0.717, 1.165) is 16.9 Å². The molecule has 42 heavy (non-hydrogen) atoms. The number of fused-ring (bicyclic) bond motifs is 1.